The summed E-state index contributed by atoms with van der Waals surface area (Å²) in [5.41, 5.74) is -0.207. The third kappa shape index (κ3) is 7.83. The third-order valence-corrected chi connectivity index (χ3v) is 6.82. The first kappa shape index (κ1) is 22.2. The first-order chi connectivity index (χ1) is 12.8. The van der Waals surface area contributed by atoms with Crippen molar-refractivity contribution in [3.63, 3.8) is 0 Å². The van der Waals surface area contributed by atoms with Gasteiger partial charge in [0, 0.05) is 24.4 Å². The molecule has 27 heavy (non-hydrogen) atoms. The average molecular weight is 379 g/mol. The summed E-state index contributed by atoms with van der Waals surface area (Å²) in [6.45, 7) is 8.52. The molecule has 156 valence electrons. The van der Waals surface area contributed by atoms with Gasteiger partial charge in [-0.3, -0.25) is 9.59 Å². The van der Waals surface area contributed by atoms with Crippen molar-refractivity contribution in [3.8, 4) is 0 Å². The summed E-state index contributed by atoms with van der Waals surface area (Å²) in [6.07, 6.45) is 13.1. The molecule has 2 aliphatic carbocycles. The van der Waals surface area contributed by atoms with Crippen LogP contribution in [-0.4, -0.2) is 23.4 Å². The van der Waals surface area contributed by atoms with Crippen LogP contribution in [0, 0.1) is 17.8 Å². The monoisotopic (exact) mass is 378 g/mol. The molecule has 0 aromatic heterocycles. The number of carbonyl (C=O) groups is 2. The molecule has 4 heteroatoms. The van der Waals surface area contributed by atoms with E-state index < -0.39 is 0 Å². The van der Waals surface area contributed by atoms with Crippen molar-refractivity contribution in [1.29, 1.82) is 0 Å². The quantitative estimate of drug-likeness (QED) is 0.595. The Morgan fingerprint density at radius 2 is 1.48 bits per heavy atom. The Bertz CT molecular complexity index is 475. The van der Waals surface area contributed by atoms with E-state index in [1.807, 2.05) is 0 Å². The molecule has 4 nitrogen and oxygen atoms in total. The van der Waals surface area contributed by atoms with Crippen molar-refractivity contribution >= 4 is 11.8 Å². The maximum Gasteiger partial charge on any atom is 0.220 e. The van der Waals surface area contributed by atoms with E-state index in [2.05, 4.69) is 38.3 Å². The molecule has 2 fully saturated rings. The number of nitrogens with one attached hydrogen (secondary N) is 2. The Labute approximate surface area is 166 Å². The molecule has 0 aliphatic heterocycles. The van der Waals surface area contributed by atoms with E-state index >= 15 is 0 Å². The Balaban J connectivity index is 1.62. The molecule has 0 spiro atoms. The predicted molar refractivity (Wildman–Crippen MR) is 111 cm³/mol. The topological polar surface area (TPSA) is 58.2 Å². The summed E-state index contributed by atoms with van der Waals surface area (Å²) in [7, 11) is 0. The van der Waals surface area contributed by atoms with Crippen molar-refractivity contribution in [2.45, 2.75) is 116 Å². The van der Waals surface area contributed by atoms with Gasteiger partial charge in [-0.1, -0.05) is 46.0 Å². The maximum atomic E-state index is 12.3. The lowest BCUT2D eigenvalue weighted by molar-refractivity contribution is -0.128. The maximum absolute atomic E-state index is 12.3. The SMILES string of the molecule is CCC(C)CC(C)(C)NC(=O)CCC(=O)NC1CCC(C2CCCC2)CC1. The molecule has 2 amide bonds. The van der Waals surface area contributed by atoms with Crippen molar-refractivity contribution in [2.24, 2.45) is 17.8 Å². The zero-order chi connectivity index (χ0) is 19.9. The average Bonchev–Trinajstić information content (AvgIpc) is 3.14. The molecule has 0 saturated heterocycles. The standard InChI is InChI=1S/C23H42N2O2/c1-5-17(2)16-23(3,4)25-22(27)15-14-21(26)24-20-12-10-19(11-13-20)18-8-6-7-9-18/h17-20H,5-16H2,1-4H3,(H,24,26)(H,25,27). The molecule has 0 bridgehead atoms. The minimum absolute atomic E-state index is 0.0107. The second-order valence-corrected chi connectivity index (χ2v) is 9.87. The summed E-state index contributed by atoms with van der Waals surface area (Å²) in [5.74, 6) is 2.45. The van der Waals surface area contributed by atoms with E-state index in [0.29, 0.717) is 18.4 Å². The van der Waals surface area contributed by atoms with Gasteiger partial charge >= 0.3 is 0 Å². The van der Waals surface area contributed by atoms with Crippen LogP contribution in [0.4, 0.5) is 0 Å². The third-order valence-electron chi connectivity index (χ3n) is 6.82. The molecule has 2 aliphatic rings. The van der Waals surface area contributed by atoms with Crippen LogP contribution < -0.4 is 10.6 Å². The van der Waals surface area contributed by atoms with Gasteiger partial charge in [-0.05, 0) is 63.7 Å². The highest BCUT2D eigenvalue weighted by molar-refractivity contribution is 5.84. The van der Waals surface area contributed by atoms with Gasteiger partial charge in [0.1, 0.15) is 0 Å². The van der Waals surface area contributed by atoms with Gasteiger partial charge in [-0.25, -0.2) is 0 Å². The molecule has 2 saturated carbocycles. The van der Waals surface area contributed by atoms with Crippen LogP contribution in [0.2, 0.25) is 0 Å². The van der Waals surface area contributed by atoms with E-state index in [9.17, 15) is 9.59 Å². The van der Waals surface area contributed by atoms with Crippen LogP contribution in [0.5, 0.6) is 0 Å². The molecule has 2 rings (SSSR count). The van der Waals surface area contributed by atoms with Crippen LogP contribution in [0.25, 0.3) is 0 Å². The van der Waals surface area contributed by atoms with Gasteiger partial charge in [0.2, 0.25) is 11.8 Å². The van der Waals surface area contributed by atoms with Crippen molar-refractivity contribution in [2.75, 3.05) is 0 Å². The molecule has 0 heterocycles. The molecular formula is C23H42N2O2. The summed E-state index contributed by atoms with van der Waals surface area (Å²) >= 11 is 0. The second kappa shape index (κ2) is 10.5. The van der Waals surface area contributed by atoms with E-state index in [1.54, 1.807) is 0 Å². The Morgan fingerprint density at radius 1 is 0.926 bits per heavy atom. The fraction of sp³-hybridized carbons (Fsp3) is 0.913. The zero-order valence-electron chi connectivity index (χ0n) is 18.1. The van der Waals surface area contributed by atoms with Crippen LogP contribution >= 0.6 is 0 Å². The van der Waals surface area contributed by atoms with Crippen LogP contribution in [0.1, 0.15) is 105 Å². The Morgan fingerprint density at radius 3 is 2.07 bits per heavy atom. The van der Waals surface area contributed by atoms with Gasteiger partial charge < -0.3 is 10.6 Å². The molecule has 0 aromatic rings. The number of amides is 2. The minimum atomic E-state index is -0.207. The van der Waals surface area contributed by atoms with Gasteiger partial charge in [-0.15, -0.1) is 0 Å². The van der Waals surface area contributed by atoms with Crippen LogP contribution in [0.3, 0.4) is 0 Å². The molecule has 0 aromatic carbocycles. The Hall–Kier alpha value is -1.06. The predicted octanol–water partition coefficient (Wildman–Crippen LogP) is 4.96. The summed E-state index contributed by atoms with van der Waals surface area (Å²) < 4.78 is 0. The van der Waals surface area contributed by atoms with E-state index in [-0.39, 0.29) is 23.8 Å². The van der Waals surface area contributed by atoms with Gasteiger partial charge in [0.15, 0.2) is 0 Å². The fourth-order valence-corrected chi connectivity index (χ4v) is 5.20. The van der Waals surface area contributed by atoms with Crippen molar-refractivity contribution in [3.05, 3.63) is 0 Å². The number of hydrogen-bond donors (Lipinski definition) is 2. The fourth-order valence-electron chi connectivity index (χ4n) is 5.20. The minimum Gasteiger partial charge on any atom is -0.353 e. The zero-order valence-corrected chi connectivity index (χ0v) is 18.1. The van der Waals surface area contributed by atoms with Crippen molar-refractivity contribution < 1.29 is 9.59 Å². The molecular weight excluding hydrogens is 336 g/mol. The summed E-state index contributed by atoms with van der Waals surface area (Å²) in [5, 5.41) is 6.27. The second-order valence-electron chi connectivity index (χ2n) is 9.87. The van der Waals surface area contributed by atoms with Crippen LogP contribution in [0.15, 0.2) is 0 Å². The normalized spacial score (nSPS) is 25.2. The molecule has 1 atom stereocenters. The molecule has 0 radical (unpaired) electrons. The van der Waals surface area contributed by atoms with E-state index in [4.69, 9.17) is 0 Å². The highest BCUT2D eigenvalue weighted by atomic mass is 16.2. The summed E-state index contributed by atoms with van der Waals surface area (Å²) in [6, 6.07) is 0.319. The van der Waals surface area contributed by atoms with Gasteiger partial charge in [0.05, 0.1) is 0 Å². The number of hydrogen-bond acceptors (Lipinski definition) is 2. The number of rotatable bonds is 9. The highest BCUT2D eigenvalue weighted by Crippen LogP contribution is 2.39. The Kier molecular flexibility index (Phi) is 8.62. The van der Waals surface area contributed by atoms with Gasteiger partial charge in [0.25, 0.3) is 0 Å². The highest BCUT2D eigenvalue weighted by Gasteiger charge is 2.30. The lowest BCUT2D eigenvalue weighted by Crippen LogP contribution is -2.45. The smallest absolute Gasteiger partial charge is 0.220 e. The van der Waals surface area contributed by atoms with Gasteiger partial charge in [-0.2, -0.15) is 0 Å². The largest absolute Gasteiger partial charge is 0.353 e. The van der Waals surface area contributed by atoms with Crippen molar-refractivity contribution in [1.82, 2.24) is 10.6 Å². The first-order valence-electron chi connectivity index (χ1n) is 11.4. The molecule has 2 N–H and O–H groups in total. The molecule has 1 unspecified atom stereocenters. The van der Waals surface area contributed by atoms with E-state index in [1.165, 1.54) is 38.5 Å². The number of carbonyl (C=O) groups excluding carboxylic acids is 2. The van der Waals surface area contributed by atoms with E-state index in [0.717, 1.165) is 37.5 Å². The lowest BCUT2D eigenvalue weighted by atomic mass is 9.77. The lowest BCUT2D eigenvalue weighted by Gasteiger charge is -2.32. The van der Waals surface area contributed by atoms with Crippen LogP contribution in [-0.2, 0) is 9.59 Å². The summed E-state index contributed by atoms with van der Waals surface area (Å²) in [4.78, 5) is 24.5. The first-order valence-corrected chi connectivity index (χ1v) is 11.4.